The summed E-state index contributed by atoms with van der Waals surface area (Å²) in [6.45, 7) is 7.51. The largest absolute Gasteiger partial charge is 0.444 e. The highest BCUT2D eigenvalue weighted by Crippen LogP contribution is 2.45. The summed E-state index contributed by atoms with van der Waals surface area (Å²) in [7, 11) is 0. The van der Waals surface area contributed by atoms with Crippen LogP contribution in [0.2, 0.25) is 0 Å². The summed E-state index contributed by atoms with van der Waals surface area (Å²) < 4.78 is 5.26. The van der Waals surface area contributed by atoms with Gasteiger partial charge < -0.3 is 10.5 Å². The maximum Gasteiger partial charge on any atom is 0.412 e. The van der Waals surface area contributed by atoms with Crippen molar-refractivity contribution in [3.05, 3.63) is 29.3 Å². The van der Waals surface area contributed by atoms with Crippen molar-refractivity contribution in [3.63, 3.8) is 0 Å². The minimum absolute atomic E-state index is 0.199. The van der Waals surface area contributed by atoms with Crippen LogP contribution in [0, 0.1) is 6.92 Å². The summed E-state index contributed by atoms with van der Waals surface area (Å²) in [6.07, 6.45) is 1.57. The van der Waals surface area contributed by atoms with E-state index >= 15 is 0 Å². The van der Waals surface area contributed by atoms with Gasteiger partial charge in [0, 0.05) is 11.2 Å². The zero-order chi connectivity index (χ0) is 14.3. The predicted molar refractivity (Wildman–Crippen MR) is 76.1 cm³/mol. The van der Waals surface area contributed by atoms with E-state index in [0.29, 0.717) is 0 Å². The first kappa shape index (κ1) is 13.9. The van der Waals surface area contributed by atoms with Crippen molar-refractivity contribution in [2.24, 2.45) is 5.73 Å². The van der Waals surface area contributed by atoms with Crippen LogP contribution in [0.15, 0.2) is 18.2 Å². The van der Waals surface area contributed by atoms with Crippen molar-refractivity contribution in [2.75, 3.05) is 5.32 Å². The maximum absolute atomic E-state index is 11.8. The van der Waals surface area contributed by atoms with Gasteiger partial charge in [-0.1, -0.05) is 12.1 Å². The fourth-order valence-corrected chi connectivity index (χ4v) is 2.13. The Morgan fingerprint density at radius 2 is 2.00 bits per heavy atom. The highest BCUT2D eigenvalue weighted by Gasteiger charge is 2.41. The van der Waals surface area contributed by atoms with Gasteiger partial charge in [-0.15, -0.1) is 0 Å². The van der Waals surface area contributed by atoms with E-state index in [0.717, 1.165) is 29.7 Å². The van der Waals surface area contributed by atoms with Crippen LogP contribution in [0.1, 0.15) is 44.7 Å². The molecule has 1 saturated carbocycles. The Balaban J connectivity index is 2.15. The fourth-order valence-electron chi connectivity index (χ4n) is 2.13. The number of benzene rings is 1. The van der Waals surface area contributed by atoms with Gasteiger partial charge in [0.1, 0.15) is 5.60 Å². The molecule has 1 amide bonds. The molecule has 1 aliphatic rings. The summed E-state index contributed by atoms with van der Waals surface area (Å²) in [6, 6.07) is 5.82. The van der Waals surface area contributed by atoms with E-state index in [2.05, 4.69) is 5.32 Å². The van der Waals surface area contributed by atoms with Crippen LogP contribution >= 0.6 is 0 Å². The van der Waals surface area contributed by atoms with Crippen LogP contribution in [0.3, 0.4) is 0 Å². The van der Waals surface area contributed by atoms with E-state index in [4.69, 9.17) is 10.5 Å². The number of hydrogen-bond donors (Lipinski definition) is 2. The smallest absolute Gasteiger partial charge is 0.412 e. The van der Waals surface area contributed by atoms with Crippen molar-refractivity contribution in [1.29, 1.82) is 0 Å². The van der Waals surface area contributed by atoms with Gasteiger partial charge in [0.25, 0.3) is 0 Å². The van der Waals surface area contributed by atoms with Crippen LogP contribution in [-0.4, -0.2) is 11.7 Å². The first-order chi connectivity index (χ1) is 8.71. The van der Waals surface area contributed by atoms with Gasteiger partial charge in [-0.25, -0.2) is 4.79 Å². The summed E-state index contributed by atoms with van der Waals surface area (Å²) in [5.41, 5.74) is 8.43. The number of hydrogen-bond acceptors (Lipinski definition) is 3. The Labute approximate surface area is 114 Å². The lowest BCUT2D eigenvalue weighted by molar-refractivity contribution is 0.0636. The van der Waals surface area contributed by atoms with Gasteiger partial charge >= 0.3 is 6.09 Å². The molecule has 0 heterocycles. The highest BCUT2D eigenvalue weighted by atomic mass is 16.6. The Bertz CT molecular complexity index is 499. The fraction of sp³-hybridized carbons (Fsp3) is 0.533. The van der Waals surface area contributed by atoms with Gasteiger partial charge in [-0.05, 0) is 57.7 Å². The van der Waals surface area contributed by atoms with Crippen LogP contribution in [0.4, 0.5) is 10.5 Å². The third kappa shape index (κ3) is 3.26. The first-order valence-corrected chi connectivity index (χ1v) is 6.60. The zero-order valence-corrected chi connectivity index (χ0v) is 12.0. The lowest BCUT2D eigenvalue weighted by atomic mass is 9.98. The van der Waals surface area contributed by atoms with Crippen LogP contribution in [0.5, 0.6) is 0 Å². The second-order valence-electron chi connectivity index (χ2n) is 6.26. The molecule has 0 spiro atoms. The highest BCUT2D eigenvalue weighted by molar-refractivity contribution is 5.86. The van der Waals surface area contributed by atoms with E-state index in [-0.39, 0.29) is 5.54 Å². The van der Waals surface area contributed by atoms with E-state index in [1.165, 1.54) is 0 Å². The third-order valence-electron chi connectivity index (χ3n) is 3.29. The standard InChI is InChI=1S/C15H22N2O2/c1-10-11(15(16)8-9-15)6-5-7-12(10)17-13(18)19-14(2,3)4/h5-7H,8-9,16H2,1-4H3,(H,17,18). The third-order valence-corrected chi connectivity index (χ3v) is 3.29. The molecule has 19 heavy (non-hydrogen) atoms. The van der Waals surface area contributed by atoms with Gasteiger partial charge in [0.2, 0.25) is 0 Å². The number of nitrogens with one attached hydrogen (secondary N) is 1. The lowest BCUT2D eigenvalue weighted by Gasteiger charge is -2.21. The average Bonchev–Trinajstić information content (AvgIpc) is 2.98. The molecule has 1 aliphatic carbocycles. The SMILES string of the molecule is Cc1c(NC(=O)OC(C)(C)C)cccc1C1(N)CC1. The molecule has 2 rings (SSSR count). The Morgan fingerprint density at radius 3 is 2.53 bits per heavy atom. The Hall–Kier alpha value is -1.55. The molecule has 1 fully saturated rings. The molecule has 0 unspecified atom stereocenters. The molecule has 3 N–H and O–H groups in total. The number of nitrogens with two attached hydrogens (primary N) is 1. The van der Waals surface area contributed by atoms with Crippen molar-refractivity contribution in [3.8, 4) is 0 Å². The van der Waals surface area contributed by atoms with Crippen molar-refractivity contribution >= 4 is 11.8 Å². The van der Waals surface area contributed by atoms with Gasteiger partial charge in [0.05, 0.1) is 0 Å². The summed E-state index contributed by atoms with van der Waals surface area (Å²) in [4.78, 5) is 11.8. The molecular weight excluding hydrogens is 240 g/mol. The summed E-state index contributed by atoms with van der Waals surface area (Å²) in [5, 5.41) is 2.79. The molecule has 0 bridgehead atoms. The van der Waals surface area contributed by atoms with E-state index in [1.807, 2.05) is 45.9 Å². The van der Waals surface area contributed by atoms with Crippen molar-refractivity contribution < 1.29 is 9.53 Å². The number of carbonyl (C=O) groups is 1. The topological polar surface area (TPSA) is 64.3 Å². The summed E-state index contributed by atoms with van der Waals surface area (Å²) in [5.74, 6) is 0. The number of amides is 1. The molecule has 4 nitrogen and oxygen atoms in total. The minimum Gasteiger partial charge on any atom is -0.444 e. The molecule has 1 aromatic rings. The lowest BCUT2D eigenvalue weighted by Crippen LogP contribution is -2.28. The van der Waals surface area contributed by atoms with Gasteiger partial charge in [0.15, 0.2) is 0 Å². The average molecular weight is 262 g/mol. The first-order valence-electron chi connectivity index (χ1n) is 6.60. The van der Waals surface area contributed by atoms with Crippen LogP contribution in [-0.2, 0) is 10.3 Å². The quantitative estimate of drug-likeness (QED) is 0.859. The molecule has 1 aromatic carbocycles. The van der Waals surface area contributed by atoms with Crippen molar-refractivity contribution in [1.82, 2.24) is 0 Å². The molecule has 0 aromatic heterocycles. The number of rotatable bonds is 2. The predicted octanol–water partition coefficient (Wildman–Crippen LogP) is 3.29. The molecular formula is C15H22N2O2. The van der Waals surface area contributed by atoms with Crippen LogP contribution in [0.25, 0.3) is 0 Å². The molecule has 0 saturated heterocycles. The normalized spacial score (nSPS) is 16.9. The van der Waals surface area contributed by atoms with Gasteiger partial charge in [-0.2, -0.15) is 0 Å². The molecule has 0 aliphatic heterocycles. The second-order valence-corrected chi connectivity index (χ2v) is 6.26. The number of carbonyl (C=O) groups excluding carboxylic acids is 1. The molecule has 104 valence electrons. The second kappa shape index (κ2) is 4.53. The van der Waals surface area contributed by atoms with E-state index < -0.39 is 11.7 Å². The maximum atomic E-state index is 11.8. The number of ether oxygens (including phenoxy) is 1. The number of anilines is 1. The molecule has 4 heteroatoms. The van der Waals surface area contributed by atoms with E-state index in [1.54, 1.807) is 0 Å². The molecule has 0 atom stereocenters. The van der Waals surface area contributed by atoms with E-state index in [9.17, 15) is 4.79 Å². The zero-order valence-electron chi connectivity index (χ0n) is 12.0. The monoisotopic (exact) mass is 262 g/mol. The Morgan fingerprint density at radius 1 is 1.37 bits per heavy atom. The van der Waals surface area contributed by atoms with Crippen molar-refractivity contribution in [2.45, 2.75) is 51.7 Å². The minimum atomic E-state index is -0.499. The van der Waals surface area contributed by atoms with Crippen LogP contribution < -0.4 is 11.1 Å². The summed E-state index contributed by atoms with van der Waals surface area (Å²) >= 11 is 0. The Kier molecular flexibility index (Phi) is 3.31. The molecule has 0 radical (unpaired) electrons. The van der Waals surface area contributed by atoms with Gasteiger partial charge in [-0.3, -0.25) is 5.32 Å².